The van der Waals surface area contributed by atoms with Crippen LogP contribution in [-0.4, -0.2) is 17.5 Å². The van der Waals surface area contributed by atoms with Crippen molar-refractivity contribution in [3.8, 4) is 0 Å². The summed E-state index contributed by atoms with van der Waals surface area (Å²) in [7, 11) is 0. The van der Waals surface area contributed by atoms with Crippen molar-refractivity contribution in [1.82, 2.24) is 0 Å². The highest BCUT2D eigenvalue weighted by Gasteiger charge is 2.21. The minimum atomic E-state index is -0.474. The Balaban J connectivity index is 3.94. The van der Waals surface area contributed by atoms with Crippen LogP contribution in [0.2, 0.25) is 0 Å². The fourth-order valence-electron chi connectivity index (χ4n) is 0.879. The number of nitrogens with two attached hydrogens (primary N) is 1. The van der Waals surface area contributed by atoms with Crippen LogP contribution in [0, 0.1) is 5.92 Å². The van der Waals surface area contributed by atoms with E-state index in [9.17, 15) is 9.59 Å². The second-order valence-electron chi connectivity index (χ2n) is 4.44. The van der Waals surface area contributed by atoms with Gasteiger partial charge in [0.15, 0.2) is 0 Å². The van der Waals surface area contributed by atoms with Crippen LogP contribution in [0.15, 0.2) is 0 Å². The lowest BCUT2D eigenvalue weighted by atomic mass is 10.1. The minimum absolute atomic E-state index is 0.223. The highest BCUT2D eigenvalue weighted by atomic mass is 16.6. The summed E-state index contributed by atoms with van der Waals surface area (Å²) >= 11 is 0. The first-order valence-electron chi connectivity index (χ1n) is 4.73. The molecule has 0 saturated heterocycles. The van der Waals surface area contributed by atoms with Crippen LogP contribution in [0.25, 0.3) is 0 Å². The van der Waals surface area contributed by atoms with Gasteiger partial charge in [0, 0.05) is 6.42 Å². The molecule has 1 amide bonds. The zero-order valence-electron chi connectivity index (χ0n) is 9.29. The molecule has 0 aliphatic carbocycles. The van der Waals surface area contributed by atoms with Crippen LogP contribution in [0.1, 0.15) is 40.5 Å². The van der Waals surface area contributed by atoms with Crippen molar-refractivity contribution in [1.29, 1.82) is 0 Å². The van der Waals surface area contributed by atoms with Crippen molar-refractivity contribution in [3.63, 3.8) is 0 Å². The summed E-state index contributed by atoms with van der Waals surface area (Å²) in [6.45, 7) is 7.17. The van der Waals surface area contributed by atoms with Crippen molar-refractivity contribution in [2.75, 3.05) is 0 Å². The molecule has 4 nitrogen and oxygen atoms in total. The van der Waals surface area contributed by atoms with Gasteiger partial charge in [-0.1, -0.05) is 6.92 Å². The number of amides is 1. The van der Waals surface area contributed by atoms with Crippen molar-refractivity contribution in [3.05, 3.63) is 0 Å². The van der Waals surface area contributed by atoms with Crippen molar-refractivity contribution < 1.29 is 14.3 Å². The van der Waals surface area contributed by atoms with Gasteiger partial charge in [-0.25, -0.2) is 0 Å². The van der Waals surface area contributed by atoms with Crippen LogP contribution in [0.4, 0.5) is 0 Å². The molecule has 0 fully saturated rings. The van der Waals surface area contributed by atoms with Crippen molar-refractivity contribution in [2.45, 2.75) is 46.1 Å². The van der Waals surface area contributed by atoms with Gasteiger partial charge in [-0.3, -0.25) is 9.59 Å². The summed E-state index contributed by atoms with van der Waals surface area (Å²) < 4.78 is 5.14. The van der Waals surface area contributed by atoms with E-state index in [1.54, 1.807) is 6.92 Å². The fourth-order valence-corrected chi connectivity index (χ4v) is 0.879. The molecule has 0 heterocycles. The second-order valence-corrected chi connectivity index (χ2v) is 4.44. The van der Waals surface area contributed by atoms with Crippen molar-refractivity contribution in [2.24, 2.45) is 11.7 Å². The summed E-state index contributed by atoms with van der Waals surface area (Å²) in [5.41, 5.74) is 4.50. The molecule has 0 aliphatic heterocycles. The Morgan fingerprint density at radius 1 is 1.36 bits per heavy atom. The zero-order valence-corrected chi connectivity index (χ0v) is 9.29. The van der Waals surface area contributed by atoms with E-state index in [1.165, 1.54) is 0 Å². The molecule has 0 spiro atoms. The largest absolute Gasteiger partial charge is 0.460 e. The second kappa shape index (κ2) is 4.98. The summed E-state index contributed by atoms with van der Waals surface area (Å²) in [6, 6.07) is 0. The molecule has 0 unspecified atom stereocenters. The predicted molar refractivity (Wildman–Crippen MR) is 53.4 cm³/mol. The third-order valence-corrected chi connectivity index (χ3v) is 1.63. The molecule has 0 bridgehead atoms. The maximum atomic E-state index is 11.4. The number of primary amides is 1. The lowest BCUT2D eigenvalue weighted by molar-refractivity contribution is -0.159. The molecule has 0 saturated carbocycles. The third-order valence-electron chi connectivity index (χ3n) is 1.63. The number of hydrogen-bond donors (Lipinski definition) is 1. The Kier molecular flexibility index (Phi) is 4.60. The zero-order chi connectivity index (χ0) is 11.4. The standard InChI is InChI=1S/C10H19NO3/c1-7(5-6-8(11)12)9(13)14-10(2,3)4/h7H,5-6H2,1-4H3,(H2,11,12)/t7-/m0/s1. The Bertz CT molecular complexity index is 218. The Hall–Kier alpha value is -1.06. The Morgan fingerprint density at radius 3 is 2.21 bits per heavy atom. The van der Waals surface area contributed by atoms with Crippen molar-refractivity contribution >= 4 is 11.9 Å². The number of ether oxygens (including phenoxy) is 1. The molecule has 0 aromatic rings. The molecule has 4 heteroatoms. The van der Waals surface area contributed by atoms with Gasteiger partial charge < -0.3 is 10.5 Å². The average molecular weight is 201 g/mol. The SMILES string of the molecule is C[C@@H](CCC(N)=O)C(=O)OC(C)(C)C. The summed E-state index contributed by atoms with van der Waals surface area (Å²) in [5.74, 6) is -0.944. The molecule has 14 heavy (non-hydrogen) atoms. The number of rotatable bonds is 4. The van der Waals surface area contributed by atoms with Gasteiger partial charge in [-0.15, -0.1) is 0 Å². The molecule has 2 N–H and O–H groups in total. The minimum Gasteiger partial charge on any atom is -0.460 e. The molecule has 1 atom stereocenters. The smallest absolute Gasteiger partial charge is 0.309 e. The molecular formula is C10H19NO3. The summed E-state index contributed by atoms with van der Waals surface area (Å²) in [6.07, 6.45) is 0.671. The summed E-state index contributed by atoms with van der Waals surface area (Å²) in [4.78, 5) is 21.9. The first-order chi connectivity index (χ1) is 6.22. The van der Waals surface area contributed by atoms with Crippen LogP contribution < -0.4 is 5.73 Å². The van der Waals surface area contributed by atoms with E-state index in [4.69, 9.17) is 10.5 Å². The molecule has 0 radical (unpaired) electrons. The van der Waals surface area contributed by atoms with Crippen LogP contribution in [-0.2, 0) is 14.3 Å². The monoisotopic (exact) mass is 201 g/mol. The maximum absolute atomic E-state index is 11.4. The van der Waals surface area contributed by atoms with E-state index in [-0.39, 0.29) is 24.2 Å². The number of hydrogen-bond acceptors (Lipinski definition) is 3. The van der Waals surface area contributed by atoms with Crippen LogP contribution in [0.5, 0.6) is 0 Å². The van der Waals surface area contributed by atoms with Gasteiger partial charge in [0.1, 0.15) is 5.60 Å². The number of carbonyl (C=O) groups is 2. The highest BCUT2D eigenvalue weighted by Crippen LogP contribution is 2.14. The molecule has 0 aliphatic rings. The first-order valence-corrected chi connectivity index (χ1v) is 4.73. The van der Waals surface area contributed by atoms with E-state index in [0.717, 1.165) is 0 Å². The topological polar surface area (TPSA) is 69.4 Å². The lowest BCUT2D eigenvalue weighted by Crippen LogP contribution is -2.28. The maximum Gasteiger partial charge on any atom is 0.309 e. The van der Waals surface area contributed by atoms with Gasteiger partial charge in [-0.05, 0) is 27.2 Å². The molecular weight excluding hydrogens is 182 g/mol. The highest BCUT2D eigenvalue weighted by molar-refractivity contribution is 5.76. The van der Waals surface area contributed by atoms with Crippen LogP contribution in [0.3, 0.4) is 0 Å². The quantitative estimate of drug-likeness (QED) is 0.695. The third kappa shape index (κ3) is 6.46. The Labute approximate surface area is 84.8 Å². The van der Waals surface area contributed by atoms with Gasteiger partial charge in [0.05, 0.1) is 5.92 Å². The molecule has 0 aromatic carbocycles. The van der Waals surface area contributed by atoms with Crippen LogP contribution >= 0.6 is 0 Å². The van der Waals surface area contributed by atoms with E-state index in [2.05, 4.69) is 0 Å². The molecule has 82 valence electrons. The van der Waals surface area contributed by atoms with E-state index >= 15 is 0 Å². The summed E-state index contributed by atoms with van der Waals surface area (Å²) in [5, 5.41) is 0. The number of esters is 1. The van der Waals surface area contributed by atoms with E-state index in [0.29, 0.717) is 6.42 Å². The van der Waals surface area contributed by atoms with Gasteiger partial charge >= 0.3 is 5.97 Å². The average Bonchev–Trinajstić information content (AvgIpc) is 1.96. The van der Waals surface area contributed by atoms with Gasteiger partial charge in [0.25, 0.3) is 0 Å². The van der Waals surface area contributed by atoms with E-state index in [1.807, 2.05) is 20.8 Å². The van der Waals surface area contributed by atoms with E-state index < -0.39 is 5.60 Å². The predicted octanol–water partition coefficient (Wildman–Crippen LogP) is 1.23. The molecule has 0 rings (SSSR count). The number of carbonyl (C=O) groups excluding carboxylic acids is 2. The fraction of sp³-hybridized carbons (Fsp3) is 0.800. The lowest BCUT2D eigenvalue weighted by Gasteiger charge is -2.21. The Morgan fingerprint density at radius 2 is 1.86 bits per heavy atom. The normalized spacial score (nSPS) is 13.4. The first kappa shape index (κ1) is 12.9. The molecule has 0 aromatic heterocycles. The van der Waals surface area contributed by atoms with Gasteiger partial charge in [-0.2, -0.15) is 0 Å². The van der Waals surface area contributed by atoms with Gasteiger partial charge in [0.2, 0.25) is 5.91 Å².